The van der Waals surface area contributed by atoms with Crippen LogP contribution in [0.5, 0.6) is 0 Å². The Morgan fingerprint density at radius 2 is 2.05 bits per heavy atom. The molecule has 0 aliphatic carbocycles. The fourth-order valence-electron chi connectivity index (χ4n) is 2.37. The van der Waals surface area contributed by atoms with Crippen LogP contribution in [-0.4, -0.2) is 19.5 Å². The topological polar surface area (TPSA) is 18.5 Å². The highest BCUT2D eigenvalue weighted by Gasteiger charge is 2.13. The van der Waals surface area contributed by atoms with Crippen molar-refractivity contribution in [3.63, 3.8) is 0 Å². The van der Waals surface area contributed by atoms with Crippen LogP contribution in [0.2, 0.25) is 0 Å². The van der Waals surface area contributed by atoms with Crippen molar-refractivity contribution in [3.05, 3.63) is 19.2 Å². The predicted molar refractivity (Wildman–Crippen MR) is 91.4 cm³/mol. The van der Waals surface area contributed by atoms with E-state index in [0.717, 1.165) is 32.5 Å². The average Bonchev–Trinajstić information content (AvgIpc) is 2.77. The van der Waals surface area contributed by atoms with Crippen molar-refractivity contribution in [2.24, 2.45) is 0 Å². The highest BCUT2D eigenvalue weighted by atomic mass is 79.9. The summed E-state index contributed by atoms with van der Waals surface area (Å²) in [5.41, 5.74) is 1.42. The number of rotatable bonds is 8. The number of halogens is 2. The Labute approximate surface area is 142 Å². The van der Waals surface area contributed by atoms with E-state index in [-0.39, 0.29) is 6.29 Å². The lowest BCUT2D eigenvalue weighted by atomic mass is 10.1. The second-order valence-electron chi connectivity index (χ2n) is 5.18. The third-order valence-electron chi connectivity index (χ3n) is 3.51. The van der Waals surface area contributed by atoms with Crippen LogP contribution in [0.15, 0.2) is 13.6 Å². The monoisotopic (exact) mass is 424 g/mol. The number of thiophene rings is 1. The Hall–Kier alpha value is 0.580. The maximum Gasteiger partial charge on any atom is 0.157 e. The maximum absolute atomic E-state index is 5.74. The van der Waals surface area contributed by atoms with Crippen molar-refractivity contribution < 1.29 is 9.47 Å². The predicted octanol–water partition coefficient (Wildman–Crippen LogP) is 5.92. The van der Waals surface area contributed by atoms with Crippen LogP contribution in [0.4, 0.5) is 0 Å². The largest absolute Gasteiger partial charge is 0.353 e. The van der Waals surface area contributed by atoms with E-state index in [1.807, 2.05) is 0 Å². The first kappa shape index (κ1) is 16.9. The second-order valence-corrected chi connectivity index (χ2v) is 8.93. The zero-order chi connectivity index (χ0) is 14.2. The molecule has 1 saturated heterocycles. The van der Waals surface area contributed by atoms with Gasteiger partial charge < -0.3 is 9.47 Å². The molecule has 114 valence electrons. The Kier molecular flexibility index (Phi) is 8.10. The lowest BCUT2D eigenvalue weighted by Crippen LogP contribution is -2.22. The molecule has 2 rings (SSSR count). The molecule has 0 N–H and O–H groups in total. The fourth-order valence-corrected chi connectivity index (χ4v) is 5.29. The smallest absolute Gasteiger partial charge is 0.157 e. The minimum Gasteiger partial charge on any atom is -0.353 e. The van der Waals surface area contributed by atoms with E-state index in [9.17, 15) is 0 Å². The zero-order valence-corrected chi connectivity index (χ0v) is 15.7. The van der Waals surface area contributed by atoms with E-state index in [1.54, 1.807) is 11.3 Å². The van der Waals surface area contributed by atoms with E-state index < -0.39 is 0 Å². The number of unbranched alkanes of at least 4 members (excludes halogenated alkanes) is 3. The van der Waals surface area contributed by atoms with Gasteiger partial charge in [-0.15, -0.1) is 11.3 Å². The van der Waals surface area contributed by atoms with Crippen molar-refractivity contribution in [3.8, 4) is 0 Å². The van der Waals surface area contributed by atoms with E-state index in [1.165, 1.54) is 45.2 Å². The van der Waals surface area contributed by atoms with E-state index in [2.05, 4.69) is 37.9 Å². The lowest BCUT2D eigenvalue weighted by molar-refractivity contribution is -0.162. The molecule has 1 aliphatic rings. The van der Waals surface area contributed by atoms with Gasteiger partial charge in [-0.05, 0) is 82.0 Å². The van der Waals surface area contributed by atoms with Crippen molar-refractivity contribution in [2.45, 2.75) is 57.7 Å². The summed E-state index contributed by atoms with van der Waals surface area (Å²) < 4.78 is 13.8. The van der Waals surface area contributed by atoms with Gasteiger partial charge in [0.15, 0.2) is 6.29 Å². The summed E-state index contributed by atoms with van der Waals surface area (Å²) >= 11 is 8.89. The van der Waals surface area contributed by atoms with Gasteiger partial charge in [-0.2, -0.15) is 0 Å². The molecule has 2 nitrogen and oxygen atoms in total. The zero-order valence-electron chi connectivity index (χ0n) is 11.7. The standard InChI is InChI=1S/C15H22Br2O2S/c16-13-11-12(15(17)20-13)7-3-1-2-5-9-18-14-8-4-6-10-19-14/h11,14H,1-10H2. The Morgan fingerprint density at radius 3 is 2.75 bits per heavy atom. The molecule has 1 aromatic heterocycles. The van der Waals surface area contributed by atoms with Crippen LogP contribution in [0.3, 0.4) is 0 Å². The third kappa shape index (κ3) is 6.14. The molecule has 1 unspecified atom stereocenters. The second kappa shape index (κ2) is 9.57. The molecular weight excluding hydrogens is 404 g/mol. The molecule has 1 aliphatic heterocycles. The third-order valence-corrected chi connectivity index (χ3v) is 5.97. The molecule has 1 atom stereocenters. The normalized spacial score (nSPS) is 19.4. The number of hydrogen-bond donors (Lipinski definition) is 0. The molecule has 0 bridgehead atoms. The van der Waals surface area contributed by atoms with Gasteiger partial charge >= 0.3 is 0 Å². The van der Waals surface area contributed by atoms with Crippen LogP contribution >= 0.6 is 43.2 Å². The molecule has 0 radical (unpaired) electrons. The molecule has 0 saturated carbocycles. The van der Waals surface area contributed by atoms with Gasteiger partial charge in [0.25, 0.3) is 0 Å². The minimum atomic E-state index is 0.0721. The van der Waals surface area contributed by atoms with Gasteiger partial charge in [0.05, 0.1) is 7.57 Å². The summed E-state index contributed by atoms with van der Waals surface area (Å²) in [6.45, 7) is 1.72. The lowest BCUT2D eigenvalue weighted by Gasteiger charge is -2.22. The summed E-state index contributed by atoms with van der Waals surface area (Å²) in [5, 5.41) is 0. The first-order valence-corrected chi connectivity index (χ1v) is 9.83. The SMILES string of the molecule is Brc1cc(CCCCCCOC2CCCCO2)c(Br)s1. The molecule has 0 aromatic carbocycles. The maximum atomic E-state index is 5.74. The van der Waals surface area contributed by atoms with Gasteiger partial charge in [0.2, 0.25) is 0 Å². The molecule has 0 spiro atoms. The van der Waals surface area contributed by atoms with Crippen LogP contribution in [0.1, 0.15) is 50.5 Å². The van der Waals surface area contributed by atoms with Crippen molar-refractivity contribution >= 4 is 43.2 Å². The Balaban J connectivity index is 1.46. The number of ether oxygens (including phenoxy) is 2. The minimum absolute atomic E-state index is 0.0721. The summed E-state index contributed by atoms with van der Waals surface area (Å²) in [5.74, 6) is 0. The highest BCUT2D eigenvalue weighted by Crippen LogP contribution is 2.32. The fraction of sp³-hybridized carbons (Fsp3) is 0.733. The van der Waals surface area contributed by atoms with Gasteiger partial charge in [0, 0.05) is 13.2 Å². The molecule has 2 heterocycles. The van der Waals surface area contributed by atoms with Gasteiger partial charge in [0.1, 0.15) is 0 Å². The highest BCUT2D eigenvalue weighted by molar-refractivity contribution is 9.12. The van der Waals surface area contributed by atoms with Gasteiger partial charge in [-0.25, -0.2) is 0 Å². The molecule has 5 heteroatoms. The quantitative estimate of drug-likeness (QED) is 0.481. The van der Waals surface area contributed by atoms with Crippen LogP contribution in [-0.2, 0) is 15.9 Å². The van der Waals surface area contributed by atoms with E-state index >= 15 is 0 Å². The molecule has 1 fully saturated rings. The van der Waals surface area contributed by atoms with Crippen LogP contribution in [0, 0.1) is 0 Å². The summed E-state index contributed by atoms with van der Waals surface area (Å²) in [6, 6.07) is 2.22. The van der Waals surface area contributed by atoms with E-state index in [4.69, 9.17) is 9.47 Å². The van der Waals surface area contributed by atoms with Crippen molar-refractivity contribution in [1.82, 2.24) is 0 Å². The molecule has 20 heavy (non-hydrogen) atoms. The number of hydrogen-bond acceptors (Lipinski definition) is 3. The summed E-state index contributed by atoms with van der Waals surface area (Å²) in [4.78, 5) is 0. The van der Waals surface area contributed by atoms with E-state index in [0.29, 0.717) is 0 Å². The number of aryl methyl sites for hydroxylation is 1. The molecular formula is C15H22Br2O2S. The average molecular weight is 426 g/mol. The Bertz CT molecular complexity index is 389. The molecule has 0 amide bonds. The first-order chi connectivity index (χ1) is 9.75. The van der Waals surface area contributed by atoms with Crippen LogP contribution in [0.25, 0.3) is 0 Å². The molecule has 1 aromatic rings. The summed E-state index contributed by atoms with van der Waals surface area (Å²) in [7, 11) is 0. The van der Waals surface area contributed by atoms with Crippen molar-refractivity contribution in [1.29, 1.82) is 0 Å². The van der Waals surface area contributed by atoms with Crippen LogP contribution < -0.4 is 0 Å². The Morgan fingerprint density at radius 1 is 1.20 bits per heavy atom. The van der Waals surface area contributed by atoms with Crippen molar-refractivity contribution in [2.75, 3.05) is 13.2 Å². The first-order valence-electron chi connectivity index (χ1n) is 7.42. The van der Waals surface area contributed by atoms with Gasteiger partial charge in [-0.3, -0.25) is 0 Å². The van der Waals surface area contributed by atoms with Gasteiger partial charge in [-0.1, -0.05) is 12.8 Å². The summed E-state index contributed by atoms with van der Waals surface area (Å²) in [6.07, 6.45) is 9.66.